The number of nitrogens with zero attached hydrogens (tertiary/aromatic N) is 2. The molecular formula is C17H34N2O4. The Balaban J connectivity index is 3.65. The molecule has 0 saturated heterocycles. The van der Waals surface area contributed by atoms with Gasteiger partial charge in [0.25, 0.3) is 0 Å². The van der Waals surface area contributed by atoms with Gasteiger partial charge in [-0.15, -0.1) is 0 Å². The molecule has 6 nitrogen and oxygen atoms in total. The fraction of sp³-hybridized carbons (Fsp3) is 0.882. The van der Waals surface area contributed by atoms with E-state index in [9.17, 15) is 9.59 Å². The summed E-state index contributed by atoms with van der Waals surface area (Å²) in [5.41, 5.74) is 0. The largest absolute Gasteiger partial charge is 0.379 e. The summed E-state index contributed by atoms with van der Waals surface area (Å²) in [6.07, 6.45) is 0.432. The zero-order valence-electron chi connectivity index (χ0n) is 15.6. The summed E-state index contributed by atoms with van der Waals surface area (Å²) in [7, 11) is 3.76. The zero-order chi connectivity index (χ0) is 17.8. The molecule has 0 unspecified atom stereocenters. The third-order valence-corrected chi connectivity index (χ3v) is 3.83. The van der Waals surface area contributed by atoms with E-state index in [2.05, 4.69) is 18.7 Å². The second kappa shape index (κ2) is 12.4. The third kappa shape index (κ3) is 11.2. The van der Waals surface area contributed by atoms with Gasteiger partial charge in [-0.2, -0.15) is 0 Å². The Labute approximate surface area is 141 Å². The SMILES string of the molecule is CC(C)C(=O)CCOCCN(C)C(=O)COCCN(C)C(C)C. The van der Waals surface area contributed by atoms with Crippen molar-refractivity contribution >= 4 is 11.7 Å². The van der Waals surface area contributed by atoms with E-state index in [1.165, 1.54) is 0 Å². The first-order chi connectivity index (χ1) is 10.8. The Morgan fingerprint density at radius 1 is 0.913 bits per heavy atom. The first-order valence-electron chi connectivity index (χ1n) is 8.38. The molecular weight excluding hydrogens is 296 g/mol. The number of hydrogen-bond donors (Lipinski definition) is 0. The fourth-order valence-corrected chi connectivity index (χ4v) is 1.63. The Kier molecular flexibility index (Phi) is 11.9. The molecule has 0 radical (unpaired) electrons. The van der Waals surface area contributed by atoms with Gasteiger partial charge < -0.3 is 19.3 Å². The summed E-state index contributed by atoms with van der Waals surface area (Å²) in [4.78, 5) is 27.0. The molecule has 1 amide bonds. The summed E-state index contributed by atoms with van der Waals surface area (Å²) in [6, 6.07) is 0.469. The minimum atomic E-state index is -0.0564. The van der Waals surface area contributed by atoms with Crippen LogP contribution in [0.2, 0.25) is 0 Å². The van der Waals surface area contributed by atoms with Gasteiger partial charge in [0.05, 0.1) is 19.8 Å². The van der Waals surface area contributed by atoms with Crippen molar-refractivity contribution in [3.8, 4) is 0 Å². The molecule has 0 bridgehead atoms. The molecule has 0 aromatic carbocycles. The van der Waals surface area contributed by atoms with E-state index in [4.69, 9.17) is 9.47 Å². The van der Waals surface area contributed by atoms with Gasteiger partial charge in [0.2, 0.25) is 5.91 Å². The van der Waals surface area contributed by atoms with Crippen molar-refractivity contribution in [2.45, 2.75) is 40.2 Å². The van der Waals surface area contributed by atoms with Crippen LogP contribution < -0.4 is 0 Å². The quantitative estimate of drug-likeness (QED) is 0.478. The van der Waals surface area contributed by atoms with E-state index in [-0.39, 0.29) is 24.2 Å². The van der Waals surface area contributed by atoms with Gasteiger partial charge in [-0.05, 0) is 20.9 Å². The van der Waals surface area contributed by atoms with Crippen molar-refractivity contribution in [3.05, 3.63) is 0 Å². The second-order valence-electron chi connectivity index (χ2n) is 6.43. The fourth-order valence-electron chi connectivity index (χ4n) is 1.63. The van der Waals surface area contributed by atoms with Gasteiger partial charge in [0.15, 0.2) is 0 Å². The molecule has 6 heteroatoms. The van der Waals surface area contributed by atoms with Crippen LogP contribution in [0.15, 0.2) is 0 Å². The van der Waals surface area contributed by atoms with E-state index in [1.807, 2.05) is 20.9 Å². The van der Waals surface area contributed by atoms with Crippen LogP contribution in [0.4, 0.5) is 0 Å². The van der Waals surface area contributed by atoms with Crippen LogP contribution in [0.1, 0.15) is 34.1 Å². The summed E-state index contributed by atoms with van der Waals surface area (Å²) >= 11 is 0. The number of carbonyl (C=O) groups excluding carboxylic acids is 2. The Hall–Kier alpha value is -0.980. The molecule has 0 aliphatic heterocycles. The van der Waals surface area contributed by atoms with Crippen LogP contribution in [0.3, 0.4) is 0 Å². The number of likely N-dealkylation sites (N-methyl/N-ethyl adjacent to an activating group) is 2. The van der Waals surface area contributed by atoms with Crippen molar-refractivity contribution in [1.82, 2.24) is 9.80 Å². The van der Waals surface area contributed by atoms with Gasteiger partial charge in [-0.1, -0.05) is 13.8 Å². The minimum Gasteiger partial charge on any atom is -0.379 e. The van der Waals surface area contributed by atoms with Crippen LogP contribution in [-0.2, 0) is 19.1 Å². The predicted octanol–water partition coefficient (Wildman–Crippen LogP) is 1.43. The maximum absolute atomic E-state index is 11.9. The molecule has 0 N–H and O–H groups in total. The highest BCUT2D eigenvalue weighted by molar-refractivity contribution is 5.80. The maximum Gasteiger partial charge on any atom is 0.248 e. The second-order valence-corrected chi connectivity index (χ2v) is 6.43. The van der Waals surface area contributed by atoms with Crippen LogP contribution in [0.5, 0.6) is 0 Å². The number of amides is 1. The minimum absolute atomic E-state index is 0.0507. The Bertz CT molecular complexity index is 345. The van der Waals surface area contributed by atoms with Crippen molar-refractivity contribution in [2.75, 3.05) is 53.6 Å². The first-order valence-corrected chi connectivity index (χ1v) is 8.38. The molecule has 0 heterocycles. The summed E-state index contributed by atoms with van der Waals surface area (Å²) in [5, 5.41) is 0. The molecule has 0 aliphatic carbocycles. The van der Waals surface area contributed by atoms with E-state index >= 15 is 0 Å². The van der Waals surface area contributed by atoms with Crippen LogP contribution in [0.25, 0.3) is 0 Å². The van der Waals surface area contributed by atoms with Crippen molar-refractivity contribution in [1.29, 1.82) is 0 Å². The molecule has 0 aromatic rings. The van der Waals surface area contributed by atoms with E-state index in [0.29, 0.717) is 38.8 Å². The van der Waals surface area contributed by atoms with Gasteiger partial charge in [0.1, 0.15) is 12.4 Å². The average molecular weight is 330 g/mol. The number of hydrogen-bond acceptors (Lipinski definition) is 5. The zero-order valence-corrected chi connectivity index (χ0v) is 15.6. The normalized spacial score (nSPS) is 11.5. The van der Waals surface area contributed by atoms with Crippen molar-refractivity contribution in [2.24, 2.45) is 5.92 Å². The molecule has 0 aromatic heterocycles. The highest BCUT2D eigenvalue weighted by Gasteiger charge is 2.10. The third-order valence-electron chi connectivity index (χ3n) is 3.83. The number of Topliss-reactive ketones (excluding diaryl/α,β-unsaturated/α-hetero) is 1. The summed E-state index contributed by atoms with van der Waals surface area (Å²) < 4.78 is 10.8. The number of ketones is 1. The van der Waals surface area contributed by atoms with Crippen molar-refractivity contribution < 1.29 is 19.1 Å². The highest BCUT2D eigenvalue weighted by atomic mass is 16.5. The molecule has 0 aliphatic rings. The van der Waals surface area contributed by atoms with Crippen molar-refractivity contribution in [3.63, 3.8) is 0 Å². The number of carbonyl (C=O) groups is 2. The monoisotopic (exact) mass is 330 g/mol. The van der Waals surface area contributed by atoms with Crippen LogP contribution >= 0.6 is 0 Å². The number of ether oxygens (including phenoxy) is 2. The average Bonchev–Trinajstić information content (AvgIpc) is 2.49. The van der Waals surface area contributed by atoms with E-state index in [0.717, 1.165) is 6.54 Å². The Morgan fingerprint density at radius 2 is 1.52 bits per heavy atom. The lowest BCUT2D eigenvalue weighted by Crippen LogP contribution is -2.35. The van der Waals surface area contributed by atoms with Crippen LogP contribution in [-0.4, -0.2) is 81.1 Å². The van der Waals surface area contributed by atoms with E-state index in [1.54, 1.807) is 11.9 Å². The molecule has 0 fully saturated rings. The molecule has 0 spiro atoms. The van der Waals surface area contributed by atoms with E-state index < -0.39 is 0 Å². The molecule has 0 saturated carbocycles. The van der Waals surface area contributed by atoms with Crippen LogP contribution in [0, 0.1) is 5.92 Å². The van der Waals surface area contributed by atoms with Gasteiger partial charge >= 0.3 is 0 Å². The highest BCUT2D eigenvalue weighted by Crippen LogP contribution is 1.99. The molecule has 0 rings (SSSR count). The maximum atomic E-state index is 11.9. The number of rotatable bonds is 13. The lowest BCUT2D eigenvalue weighted by Gasteiger charge is -2.21. The van der Waals surface area contributed by atoms with Gasteiger partial charge in [-0.3, -0.25) is 9.59 Å². The predicted molar refractivity (Wildman–Crippen MR) is 91.5 cm³/mol. The Morgan fingerprint density at radius 3 is 2.09 bits per heavy atom. The summed E-state index contributed by atoms with van der Waals surface area (Å²) in [6.45, 7) is 10.8. The lowest BCUT2D eigenvalue weighted by atomic mass is 10.1. The topological polar surface area (TPSA) is 59.1 Å². The van der Waals surface area contributed by atoms with Gasteiger partial charge in [-0.25, -0.2) is 0 Å². The standard InChI is InChI=1S/C17H34N2O4/c1-14(2)16(20)7-10-22-11-9-19(6)17(21)13-23-12-8-18(5)15(3)4/h14-15H,7-13H2,1-6H3. The molecule has 136 valence electrons. The van der Waals surface area contributed by atoms with Gasteiger partial charge in [0, 0.05) is 38.5 Å². The smallest absolute Gasteiger partial charge is 0.248 e. The molecule has 0 atom stereocenters. The summed E-state index contributed by atoms with van der Waals surface area (Å²) in [5.74, 6) is 0.197. The first kappa shape index (κ1) is 22.0. The molecule has 23 heavy (non-hydrogen) atoms. The lowest BCUT2D eigenvalue weighted by molar-refractivity contribution is -0.135.